The number of alkyl carbamates (subject to hydrolysis) is 1. The van der Waals surface area contributed by atoms with Gasteiger partial charge in [-0.1, -0.05) is 27.7 Å². The lowest BCUT2D eigenvalue weighted by Crippen LogP contribution is -2.34. The standard InChI is InChI=1S/C16H27N3O3/c1-10(2)9-13(20)12(5)19-8-7-17-15(19)14(11(3)4)18-16(21)22-6/h7-8,10-12,14H,9H2,1-6H3,(H,18,21). The normalized spacial score (nSPS) is 14.0. The molecule has 6 nitrogen and oxygen atoms in total. The number of ether oxygens (including phenoxy) is 1. The fourth-order valence-electron chi connectivity index (χ4n) is 2.34. The van der Waals surface area contributed by atoms with Crippen molar-refractivity contribution in [3.8, 4) is 0 Å². The van der Waals surface area contributed by atoms with E-state index in [0.29, 0.717) is 18.2 Å². The van der Waals surface area contributed by atoms with Gasteiger partial charge >= 0.3 is 6.09 Å². The molecule has 1 aromatic heterocycles. The van der Waals surface area contributed by atoms with E-state index in [4.69, 9.17) is 0 Å². The number of amides is 1. The van der Waals surface area contributed by atoms with E-state index in [9.17, 15) is 9.59 Å². The molecule has 2 atom stereocenters. The van der Waals surface area contributed by atoms with Crippen LogP contribution in [-0.4, -0.2) is 28.5 Å². The van der Waals surface area contributed by atoms with Crippen LogP contribution in [0.3, 0.4) is 0 Å². The summed E-state index contributed by atoms with van der Waals surface area (Å²) in [5, 5.41) is 2.79. The van der Waals surface area contributed by atoms with Crippen molar-refractivity contribution in [2.24, 2.45) is 11.8 Å². The molecule has 22 heavy (non-hydrogen) atoms. The predicted molar refractivity (Wildman–Crippen MR) is 84.5 cm³/mol. The largest absolute Gasteiger partial charge is 0.453 e. The SMILES string of the molecule is COC(=O)NC(c1nccn1C(C)C(=O)CC(C)C)C(C)C. The second-order valence-electron chi connectivity index (χ2n) is 6.29. The Morgan fingerprint density at radius 2 is 1.91 bits per heavy atom. The maximum absolute atomic E-state index is 12.3. The van der Waals surface area contributed by atoms with Gasteiger partial charge in [0.25, 0.3) is 0 Å². The third-order valence-electron chi connectivity index (χ3n) is 3.59. The van der Waals surface area contributed by atoms with Gasteiger partial charge in [-0.05, 0) is 18.8 Å². The second kappa shape index (κ2) is 7.96. The van der Waals surface area contributed by atoms with Gasteiger partial charge < -0.3 is 14.6 Å². The maximum atomic E-state index is 12.3. The Bertz CT molecular complexity index is 508. The van der Waals surface area contributed by atoms with Crippen LogP contribution >= 0.6 is 0 Å². The van der Waals surface area contributed by atoms with Crippen LogP contribution in [0.4, 0.5) is 4.79 Å². The van der Waals surface area contributed by atoms with Crippen LogP contribution in [-0.2, 0) is 9.53 Å². The number of hydrogen-bond donors (Lipinski definition) is 1. The van der Waals surface area contributed by atoms with Crippen molar-refractivity contribution in [2.45, 2.75) is 53.1 Å². The lowest BCUT2D eigenvalue weighted by Gasteiger charge is -2.24. The van der Waals surface area contributed by atoms with Crippen LogP contribution in [0.15, 0.2) is 12.4 Å². The topological polar surface area (TPSA) is 73.2 Å². The number of hydrogen-bond acceptors (Lipinski definition) is 4. The first-order valence-electron chi connectivity index (χ1n) is 7.67. The zero-order valence-electron chi connectivity index (χ0n) is 14.3. The van der Waals surface area contributed by atoms with Gasteiger partial charge in [0.15, 0.2) is 5.78 Å². The van der Waals surface area contributed by atoms with Gasteiger partial charge in [-0.3, -0.25) is 4.79 Å². The van der Waals surface area contributed by atoms with Crippen LogP contribution in [0.2, 0.25) is 0 Å². The molecule has 0 saturated carbocycles. The molecule has 0 saturated heterocycles. The summed E-state index contributed by atoms with van der Waals surface area (Å²) in [6, 6.07) is -0.614. The van der Waals surface area contributed by atoms with E-state index in [1.54, 1.807) is 12.4 Å². The van der Waals surface area contributed by atoms with E-state index in [0.717, 1.165) is 0 Å². The number of imidazole rings is 1. The lowest BCUT2D eigenvalue weighted by molar-refractivity contribution is -0.122. The number of rotatable bonds is 7. The Balaban J connectivity index is 3.03. The molecular weight excluding hydrogens is 282 g/mol. The third kappa shape index (κ3) is 4.58. The number of carbonyl (C=O) groups is 2. The summed E-state index contributed by atoms with van der Waals surface area (Å²) < 4.78 is 6.51. The minimum atomic E-state index is -0.505. The molecule has 0 aromatic carbocycles. The molecule has 1 aromatic rings. The molecular formula is C16H27N3O3. The van der Waals surface area contributed by atoms with Crippen molar-refractivity contribution in [3.05, 3.63) is 18.2 Å². The highest BCUT2D eigenvalue weighted by Gasteiger charge is 2.26. The summed E-state index contributed by atoms with van der Waals surface area (Å²) in [5.41, 5.74) is 0. The number of nitrogens with one attached hydrogen (secondary N) is 1. The molecule has 1 N–H and O–H groups in total. The zero-order valence-corrected chi connectivity index (χ0v) is 14.3. The molecule has 0 radical (unpaired) electrons. The Morgan fingerprint density at radius 3 is 2.41 bits per heavy atom. The van der Waals surface area contributed by atoms with Crippen molar-refractivity contribution in [3.63, 3.8) is 0 Å². The van der Waals surface area contributed by atoms with Gasteiger partial charge in [0.05, 0.1) is 19.2 Å². The molecule has 6 heteroatoms. The molecule has 1 amide bonds. The molecule has 0 bridgehead atoms. The molecule has 0 aliphatic carbocycles. The van der Waals surface area contributed by atoms with E-state index in [1.807, 2.05) is 39.2 Å². The molecule has 1 rings (SSSR count). The number of methoxy groups -OCH3 is 1. The fourth-order valence-corrected chi connectivity index (χ4v) is 2.34. The highest BCUT2D eigenvalue weighted by atomic mass is 16.5. The molecule has 0 aliphatic heterocycles. The first-order valence-corrected chi connectivity index (χ1v) is 7.67. The number of aromatic nitrogens is 2. The zero-order chi connectivity index (χ0) is 16.9. The monoisotopic (exact) mass is 309 g/mol. The van der Waals surface area contributed by atoms with E-state index in [1.165, 1.54) is 7.11 Å². The predicted octanol–water partition coefficient (Wildman–Crippen LogP) is 3.11. The average molecular weight is 309 g/mol. The summed E-state index contributed by atoms with van der Waals surface area (Å²) in [4.78, 5) is 28.2. The van der Waals surface area contributed by atoms with E-state index in [2.05, 4.69) is 15.0 Å². The smallest absolute Gasteiger partial charge is 0.407 e. The molecule has 1 heterocycles. The van der Waals surface area contributed by atoms with E-state index < -0.39 is 6.09 Å². The van der Waals surface area contributed by atoms with Crippen molar-refractivity contribution in [1.82, 2.24) is 14.9 Å². The summed E-state index contributed by atoms with van der Waals surface area (Å²) in [6.07, 6.45) is 3.46. The molecule has 124 valence electrons. The first kappa shape index (κ1) is 18.2. The molecule has 0 fully saturated rings. The molecule has 0 spiro atoms. The number of nitrogens with zero attached hydrogens (tertiary/aromatic N) is 2. The highest BCUT2D eigenvalue weighted by Crippen LogP contribution is 2.24. The summed E-state index contributed by atoms with van der Waals surface area (Å²) >= 11 is 0. The van der Waals surface area contributed by atoms with Crippen molar-refractivity contribution in [2.75, 3.05) is 7.11 Å². The van der Waals surface area contributed by atoms with Crippen LogP contribution in [0, 0.1) is 11.8 Å². The minimum Gasteiger partial charge on any atom is -0.453 e. The quantitative estimate of drug-likeness (QED) is 0.840. The number of ketones is 1. The number of carbonyl (C=O) groups excluding carboxylic acids is 2. The fraction of sp³-hybridized carbons (Fsp3) is 0.688. The summed E-state index contributed by atoms with van der Waals surface area (Å²) in [7, 11) is 1.33. The van der Waals surface area contributed by atoms with Crippen molar-refractivity contribution >= 4 is 11.9 Å². The molecule has 2 unspecified atom stereocenters. The van der Waals surface area contributed by atoms with Gasteiger partial charge in [0.1, 0.15) is 5.82 Å². The van der Waals surface area contributed by atoms with Gasteiger partial charge in [-0.25, -0.2) is 9.78 Å². The third-order valence-corrected chi connectivity index (χ3v) is 3.59. The summed E-state index contributed by atoms with van der Waals surface area (Å²) in [5.74, 6) is 1.27. The average Bonchev–Trinajstić information content (AvgIpc) is 2.91. The van der Waals surface area contributed by atoms with Crippen molar-refractivity contribution < 1.29 is 14.3 Å². The Labute approximate surface area is 132 Å². The Morgan fingerprint density at radius 1 is 1.27 bits per heavy atom. The van der Waals surface area contributed by atoms with Crippen molar-refractivity contribution in [1.29, 1.82) is 0 Å². The second-order valence-corrected chi connectivity index (χ2v) is 6.29. The Kier molecular flexibility index (Phi) is 6.59. The summed E-state index contributed by atoms with van der Waals surface area (Å²) in [6.45, 7) is 9.89. The van der Waals surface area contributed by atoms with Crippen LogP contribution < -0.4 is 5.32 Å². The van der Waals surface area contributed by atoms with E-state index in [-0.39, 0.29) is 23.8 Å². The Hall–Kier alpha value is -1.85. The minimum absolute atomic E-state index is 0.118. The van der Waals surface area contributed by atoms with Gasteiger partial charge in [0, 0.05) is 18.8 Å². The van der Waals surface area contributed by atoms with Gasteiger partial charge in [-0.2, -0.15) is 0 Å². The molecule has 0 aliphatic rings. The maximum Gasteiger partial charge on any atom is 0.407 e. The lowest BCUT2D eigenvalue weighted by atomic mass is 10.0. The van der Waals surface area contributed by atoms with Crippen LogP contribution in [0.25, 0.3) is 0 Å². The van der Waals surface area contributed by atoms with Gasteiger partial charge in [0.2, 0.25) is 0 Å². The number of Topliss-reactive ketones (excluding diaryl/α,β-unsaturated/α-hetero) is 1. The van der Waals surface area contributed by atoms with Crippen LogP contribution in [0.5, 0.6) is 0 Å². The first-order chi connectivity index (χ1) is 10.3. The van der Waals surface area contributed by atoms with Gasteiger partial charge in [-0.15, -0.1) is 0 Å². The van der Waals surface area contributed by atoms with E-state index >= 15 is 0 Å². The highest BCUT2D eigenvalue weighted by molar-refractivity contribution is 5.82. The van der Waals surface area contributed by atoms with Crippen LogP contribution in [0.1, 0.15) is 58.9 Å².